The first-order valence-electron chi connectivity index (χ1n) is 4.70. The van der Waals surface area contributed by atoms with Crippen LogP contribution in [0.25, 0.3) is 0 Å². The average Bonchev–Trinajstić information content (AvgIpc) is 2.11. The molecule has 0 saturated heterocycles. The van der Waals surface area contributed by atoms with E-state index in [1.54, 1.807) is 0 Å². The molecule has 0 spiro atoms. The van der Waals surface area contributed by atoms with Crippen LogP contribution in [-0.4, -0.2) is 18.0 Å². The third kappa shape index (κ3) is 3.97. The summed E-state index contributed by atoms with van der Waals surface area (Å²) in [6.45, 7) is 14.1. The van der Waals surface area contributed by atoms with Crippen molar-refractivity contribution >= 4 is 0 Å². The molecule has 13 heavy (non-hydrogen) atoms. The molecule has 74 valence electrons. The summed E-state index contributed by atoms with van der Waals surface area (Å²) in [4.78, 5) is 2.18. The molecule has 0 fully saturated rings. The van der Waals surface area contributed by atoms with Crippen molar-refractivity contribution in [1.29, 1.82) is 0 Å². The number of rotatable bonds is 5. The Labute approximate surface area is 82.4 Å². The zero-order chi connectivity index (χ0) is 10.4. The molecule has 0 saturated carbocycles. The summed E-state index contributed by atoms with van der Waals surface area (Å²) < 4.78 is 0. The predicted molar refractivity (Wildman–Crippen MR) is 60.6 cm³/mol. The Morgan fingerprint density at radius 3 is 2.38 bits per heavy atom. The van der Waals surface area contributed by atoms with E-state index >= 15 is 0 Å². The third-order valence-corrected chi connectivity index (χ3v) is 2.25. The van der Waals surface area contributed by atoms with Gasteiger partial charge in [0.2, 0.25) is 0 Å². The minimum atomic E-state index is 0.500. The summed E-state index contributed by atoms with van der Waals surface area (Å²) in [6, 6.07) is 0.500. The van der Waals surface area contributed by atoms with Crippen LogP contribution in [0.3, 0.4) is 0 Å². The quantitative estimate of drug-likeness (QED) is 0.462. The molecule has 0 atom stereocenters. The van der Waals surface area contributed by atoms with Crippen molar-refractivity contribution in [2.45, 2.75) is 33.2 Å². The monoisotopic (exact) mass is 179 g/mol. The molecule has 0 aliphatic carbocycles. The van der Waals surface area contributed by atoms with Crippen molar-refractivity contribution in [3.63, 3.8) is 0 Å². The standard InChI is InChI=1S/C12H21N/c1-7-8-9-11(4)12(5)13(6)10(2)3/h7,9-10H,1,5,8H2,2-4,6H3/b11-9+. The van der Waals surface area contributed by atoms with Crippen LogP contribution in [0.5, 0.6) is 0 Å². The largest absolute Gasteiger partial charge is 0.372 e. The van der Waals surface area contributed by atoms with Gasteiger partial charge in [-0.05, 0) is 32.8 Å². The Morgan fingerprint density at radius 2 is 2.00 bits per heavy atom. The lowest BCUT2D eigenvalue weighted by Gasteiger charge is -2.26. The molecule has 0 unspecified atom stereocenters. The molecule has 0 aromatic rings. The fourth-order valence-corrected chi connectivity index (χ4v) is 0.968. The third-order valence-electron chi connectivity index (χ3n) is 2.25. The summed E-state index contributed by atoms with van der Waals surface area (Å²) in [5.74, 6) is 0. The number of hydrogen-bond acceptors (Lipinski definition) is 1. The first-order chi connectivity index (χ1) is 6.00. The SMILES string of the molecule is C=CC/C=C(\C)C(=C)N(C)C(C)C. The normalized spacial score (nSPS) is 11.6. The van der Waals surface area contributed by atoms with Crippen molar-refractivity contribution < 1.29 is 0 Å². The predicted octanol–water partition coefficient (Wildman–Crippen LogP) is 3.36. The topological polar surface area (TPSA) is 3.24 Å². The van der Waals surface area contributed by atoms with Gasteiger partial charge in [-0.2, -0.15) is 0 Å². The van der Waals surface area contributed by atoms with Crippen LogP contribution in [0.2, 0.25) is 0 Å². The summed E-state index contributed by atoms with van der Waals surface area (Å²) >= 11 is 0. The molecule has 0 radical (unpaired) electrons. The lowest BCUT2D eigenvalue weighted by Crippen LogP contribution is -2.25. The molecule has 0 aromatic heterocycles. The molecule has 1 heteroatoms. The van der Waals surface area contributed by atoms with Gasteiger partial charge in [0.15, 0.2) is 0 Å². The van der Waals surface area contributed by atoms with Gasteiger partial charge in [0.05, 0.1) is 0 Å². The Kier molecular flexibility index (Phi) is 5.20. The molecule has 0 amide bonds. The Morgan fingerprint density at radius 1 is 1.46 bits per heavy atom. The molecule has 0 aromatic carbocycles. The van der Waals surface area contributed by atoms with Crippen LogP contribution in [0.1, 0.15) is 27.2 Å². The highest BCUT2D eigenvalue weighted by Gasteiger charge is 2.06. The van der Waals surface area contributed by atoms with E-state index in [0.29, 0.717) is 6.04 Å². The zero-order valence-corrected chi connectivity index (χ0v) is 9.30. The number of nitrogens with zero attached hydrogens (tertiary/aromatic N) is 1. The molecule has 0 rings (SSSR count). The van der Waals surface area contributed by atoms with E-state index in [-0.39, 0.29) is 0 Å². The lowest BCUT2D eigenvalue weighted by atomic mass is 10.1. The van der Waals surface area contributed by atoms with Gasteiger partial charge in [-0.15, -0.1) is 6.58 Å². The van der Waals surface area contributed by atoms with E-state index in [2.05, 4.69) is 52.0 Å². The van der Waals surface area contributed by atoms with Crippen LogP contribution >= 0.6 is 0 Å². The number of allylic oxidation sites excluding steroid dienone is 3. The second-order valence-corrected chi connectivity index (χ2v) is 3.56. The Hall–Kier alpha value is -0.980. The van der Waals surface area contributed by atoms with Gasteiger partial charge in [-0.3, -0.25) is 0 Å². The summed E-state index contributed by atoms with van der Waals surface area (Å²) in [5.41, 5.74) is 2.33. The van der Waals surface area contributed by atoms with Crippen molar-refractivity contribution in [2.24, 2.45) is 0 Å². The van der Waals surface area contributed by atoms with Gasteiger partial charge >= 0.3 is 0 Å². The highest BCUT2D eigenvalue weighted by Crippen LogP contribution is 2.14. The average molecular weight is 179 g/mol. The first kappa shape index (κ1) is 12.0. The molecule has 0 heterocycles. The summed E-state index contributed by atoms with van der Waals surface area (Å²) in [6.07, 6.45) is 4.96. The molecule has 0 bridgehead atoms. The van der Waals surface area contributed by atoms with Crippen LogP contribution < -0.4 is 0 Å². The van der Waals surface area contributed by atoms with Crippen molar-refractivity contribution in [3.8, 4) is 0 Å². The minimum Gasteiger partial charge on any atom is -0.372 e. The molecular weight excluding hydrogens is 158 g/mol. The summed E-state index contributed by atoms with van der Waals surface area (Å²) in [5, 5.41) is 0. The van der Waals surface area contributed by atoms with Crippen LogP contribution in [0.15, 0.2) is 36.6 Å². The van der Waals surface area contributed by atoms with E-state index in [1.165, 1.54) is 5.57 Å². The maximum absolute atomic E-state index is 4.05. The smallest absolute Gasteiger partial charge is 0.0319 e. The second-order valence-electron chi connectivity index (χ2n) is 3.56. The molecule has 0 aliphatic rings. The van der Waals surface area contributed by atoms with Crippen LogP contribution in [0.4, 0.5) is 0 Å². The maximum atomic E-state index is 4.05. The highest BCUT2D eigenvalue weighted by atomic mass is 15.1. The van der Waals surface area contributed by atoms with Gasteiger partial charge < -0.3 is 4.90 Å². The van der Waals surface area contributed by atoms with E-state index in [0.717, 1.165) is 12.1 Å². The van der Waals surface area contributed by atoms with E-state index in [4.69, 9.17) is 0 Å². The van der Waals surface area contributed by atoms with Gasteiger partial charge in [-0.25, -0.2) is 0 Å². The molecule has 0 aliphatic heterocycles. The number of hydrogen-bond donors (Lipinski definition) is 0. The maximum Gasteiger partial charge on any atom is 0.0319 e. The van der Waals surface area contributed by atoms with Crippen LogP contribution in [0, 0.1) is 0 Å². The van der Waals surface area contributed by atoms with Gasteiger partial charge in [0, 0.05) is 18.8 Å². The van der Waals surface area contributed by atoms with E-state index in [1.807, 2.05) is 6.08 Å². The van der Waals surface area contributed by atoms with Crippen molar-refractivity contribution in [2.75, 3.05) is 7.05 Å². The van der Waals surface area contributed by atoms with Gasteiger partial charge in [0.1, 0.15) is 0 Å². The van der Waals surface area contributed by atoms with E-state index in [9.17, 15) is 0 Å². The first-order valence-corrected chi connectivity index (χ1v) is 4.70. The van der Waals surface area contributed by atoms with E-state index < -0.39 is 0 Å². The van der Waals surface area contributed by atoms with Gasteiger partial charge in [-0.1, -0.05) is 18.7 Å². The summed E-state index contributed by atoms with van der Waals surface area (Å²) in [7, 11) is 2.07. The lowest BCUT2D eigenvalue weighted by molar-refractivity contribution is 0.351. The fraction of sp³-hybridized carbons (Fsp3) is 0.500. The Bertz CT molecular complexity index is 211. The van der Waals surface area contributed by atoms with Crippen molar-refractivity contribution in [1.82, 2.24) is 4.90 Å². The highest BCUT2D eigenvalue weighted by molar-refractivity contribution is 5.25. The fourth-order valence-electron chi connectivity index (χ4n) is 0.968. The number of likely N-dealkylation sites (N-methyl/N-ethyl adjacent to an activating group) is 1. The molecular formula is C12H21N. The molecule has 0 N–H and O–H groups in total. The second kappa shape index (κ2) is 5.63. The Balaban J connectivity index is 4.33. The van der Waals surface area contributed by atoms with Crippen LogP contribution in [-0.2, 0) is 0 Å². The van der Waals surface area contributed by atoms with Gasteiger partial charge in [0.25, 0.3) is 0 Å². The molecule has 1 nitrogen and oxygen atoms in total. The van der Waals surface area contributed by atoms with Crippen molar-refractivity contribution in [3.05, 3.63) is 36.6 Å². The minimum absolute atomic E-state index is 0.500. The zero-order valence-electron chi connectivity index (χ0n) is 9.30.